The molecule has 0 bridgehead atoms. The monoisotopic (exact) mass is 625 g/mol. The normalized spacial score (nSPS) is 11.4. The van der Waals surface area contributed by atoms with Crippen LogP contribution in [0.5, 0.6) is 0 Å². The molecule has 0 saturated carbocycles. The van der Waals surface area contributed by atoms with Gasteiger partial charge in [-0.15, -0.1) is 0 Å². The third-order valence-electron chi connectivity index (χ3n) is 8.42. The number of hydrogen-bond acceptors (Lipinski definition) is 6. The molecule has 0 atom stereocenters. The number of carbonyl (C=O) groups excluding carboxylic acids is 2. The van der Waals surface area contributed by atoms with Gasteiger partial charge in [-0.3, -0.25) is 9.59 Å². The zero-order valence-corrected chi connectivity index (χ0v) is 29.5. The molecule has 0 aromatic heterocycles. The van der Waals surface area contributed by atoms with Crippen LogP contribution in [0.15, 0.2) is 0 Å². The molecule has 0 aliphatic carbocycles. The molecule has 262 valence electrons. The van der Waals surface area contributed by atoms with Gasteiger partial charge in [0.2, 0.25) is 11.8 Å². The molecule has 6 N–H and O–H groups in total. The van der Waals surface area contributed by atoms with Crippen LogP contribution in [0, 0.1) is 0 Å². The molecule has 0 radical (unpaired) electrons. The van der Waals surface area contributed by atoms with E-state index < -0.39 is 0 Å². The maximum atomic E-state index is 12.4. The number of nitrogens with one attached hydrogen (secondary N) is 4. The summed E-state index contributed by atoms with van der Waals surface area (Å²) in [5.41, 5.74) is 5.60. The number of rotatable bonds is 36. The number of amides is 2. The summed E-state index contributed by atoms with van der Waals surface area (Å²) in [6.45, 7) is 12.4. The fraction of sp³-hybridized carbons (Fsp3) is 0.944. The van der Waals surface area contributed by atoms with Gasteiger partial charge in [0.05, 0.1) is 0 Å². The molecule has 2 amide bonds. The Labute approximate surface area is 273 Å². The first-order valence-electron chi connectivity index (χ1n) is 19.0. The van der Waals surface area contributed by atoms with Gasteiger partial charge in [0.25, 0.3) is 0 Å². The molecule has 0 unspecified atom stereocenters. The third kappa shape index (κ3) is 33.7. The Morgan fingerprint density at radius 2 is 0.841 bits per heavy atom. The summed E-state index contributed by atoms with van der Waals surface area (Å²) in [5, 5.41) is 12.9. The fourth-order valence-electron chi connectivity index (χ4n) is 5.48. The molecule has 0 spiro atoms. The van der Waals surface area contributed by atoms with Crippen LogP contribution in [-0.2, 0) is 9.59 Å². The zero-order valence-electron chi connectivity index (χ0n) is 29.5. The van der Waals surface area contributed by atoms with Crippen molar-refractivity contribution < 1.29 is 9.59 Å². The van der Waals surface area contributed by atoms with Gasteiger partial charge >= 0.3 is 0 Å². The molecule has 0 saturated heterocycles. The van der Waals surface area contributed by atoms with Gasteiger partial charge in [-0.1, -0.05) is 129 Å². The first-order valence-corrected chi connectivity index (χ1v) is 19.0. The first-order chi connectivity index (χ1) is 21.6. The maximum absolute atomic E-state index is 12.4. The van der Waals surface area contributed by atoms with Crippen LogP contribution in [0.1, 0.15) is 155 Å². The average Bonchev–Trinajstić information content (AvgIpc) is 3.02. The van der Waals surface area contributed by atoms with E-state index in [1.807, 2.05) is 0 Å². The highest BCUT2D eigenvalue weighted by atomic mass is 16.2. The SMILES string of the molecule is CCCCCCCCCCCCNC(=O)CCNCCN(CCNCCN)CCC(=O)NCCCCCCCCCCCC. The van der Waals surface area contributed by atoms with Crippen LogP contribution in [0.3, 0.4) is 0 Å². The van der Waals surface area contributed by atoms with E-state index in [1.165, 1.54) is 116 Å². The van der Waals surface area contributed by atoms with E-state index >= 15 is 0 Å². The van der Waals surface area contributed by atoms with E-state index in [0.717, 1.165) is 65.2 Å². The molecule has 8 nitrogen and oxygen atoms in total. The molecule has 0 aliphatic rings. The lowest BCUT2D eigenvalue weighted by atomic mass is 10.1. The summed E-state index contributed by atoms with van der Waals surface area (Å²) in [7, 11) is 0. The number of nitrogens with zero attached hydrogens (tertiary/aromatic N) is 1. The highest BCUT2D eigenvalue weighted by molar-refractivity contribution is 5.76. The second-order valence-corrected chi connectivity index (χ2v) is 12.7. The summed E-state index contributed by atoms with van der Waals surface area (Å²) in [6, 6.07) is 0. The molecule has 0 aliphatic heterocycles. The summed E-state index contributed by atoms with van der Waals surface area (Å²) in [4.78, 5) is 26.9. The standard InChI is InChI=1S/C36H76N6O2/c1-3-5-7-9-11-13-15-17-19-21-26-40-35(43)23-28-38-30-33-42(34-31-39-29-25-37)32-24-36(44)41-27-22-20-18-16-14-12-10-8-6-4-2/h38-39H,3-34,37H2,1-2H3,(H,40,43)(H,41,44). The Bertz CT molecular complexity index is 607. The number of hydrogen-bond donors (Lipinski definition) is 5. The molecule has 0 aromatic carbocycles. The van der Waals surface area contributed by atoms with Crippen molar-refractivity contribution in [1.29, 1.82) is 0 Å². The van der Waals surface area contributed by atoms with Crippen molar-refractivity contribution in [2.75, 3.05) is 65.4 Å². The number of carbonyl (C=O) groups is 2. The van der Waals surface area contributed by atoms with Gasteiger partial charge < -0.3 is 31.9 Å². The van der Waals surface area contributed by atoms with E-state index in [-0.39, 0.29) is 11.8 Å². The molecule has 0 rings (SSSR count). The summed E-state index contributed by atoms with van der Waals surface area (Å²) < 4.78 is 0. The Morgan fingerprint density at radius 3 is 1.27 bits per heavy atom. The smallest absolute Gasteiger partial charge is 0.221 e. The summed E-state index contributed by atoms with van der Waals surface area (Å²) >= 11 is 0. The number of nitrogens with two attached hydrogens (primary N) is 1. The van der Waals surface area contributed by atoms with E-state index in [1.54, 1.807) is 0 Å². The lowest BCUT2D eigenvalue weighted by molar-refractivity contribution is -0.122. The highest BCUT2D eigenvalue weighted by Gasteiger charge is 2.09. The van der Waals surface area contributed by atoms with Crippen molar-refractivity contribution in [2.24, 2.45) is 5.73 Å². The maximum Gasteiger partial charge on any atom is 0.221 e. The van der Waals surface area contributed by atoms with Crippen molar-refractivity contribution in [3.63, 3.8) is 0 Å². The van der Waals surface area contributed by atoms with Crippen molar-refractivity contribution in [2.45, 2.75) is 155 Å². The topological polar surface area (TPSA) is 112 Å². The van der Waals surface area contributed by atoms with Gasteiger partial charge in [-0.05, 0) is 12.8 Å². The Balaban J connectivity index is 3.85. The van der Waals surface area contributed by atoms with Crippen LogP contribution in [0.2, 0.25) is 0 Å². The Morgan fingerprint density at radius 1 is 0.455 bits per heavy atom. The molecular weight excluding hydrogens is 548 g/mol. The minimum atomic E-state index is 0.135. The van der Waals surface area contributed by atoms with Gasteiger partial charge in [-0.2, -0.15) is 0 Å². The Kier molecular flexibility index (Phi) is 35.2. The summed E-state index contributed by atoms with van der Waals surface area (Å²) in [5.74, 6) is 0.281. The summed E-state index contributed by atoms with van der Waals surface area (Å²) in [6.07, 6.45) is 27.2. The number of unbranched alkanes of at least 4 members (excludes halogenated alkanes) is 18. The van der Waals surface area contributed by atoms with Crippen LogP contribution in [-0.4, -0.2) is 82.2 Å². The van der Waals surface area contributed by atoms with Crippen molar-refractivity contribution >= 4 is 11.8 Å². The van der Waals surface area contributed by atoms with E-state index in [0.29, 0.717) is 25.9 Å². The van der Waals surface area contributed by atoms with E-state index in [2.05, 4.69) is 40.0 Å². The molecule has 0 aromatic rings. The Hall–Kier alpha value is -1.22. The van der Waals surface area contributed by atoms with Gasteiger partial charge in [0, 0.05) is 78.3 Å². The first kappa shape index (κ1) is 42.8. The predicted octanol–water partition coefficient (Wildman–Crippen LogP) is 6.28. The molecule has 8 heteroatoms. The van der Waals surface area contributed by atoms with Crippen molar-refractivity contribution in [1.82, 2.24) is 26.2 Å². The van der Waals surface area contributed by atoms with Crippen LogP contribution in [0.25, 0.3) is 0 Å². The molecular formula is C36H76N6O2. The van der Waals surface area contributed by atoms with Gasteiger partial charge in [0.15, 0.2) is 0 Å². The predicted molar refractivity (Wildman–Crippen MR) is 190 cm³/mol. The van der Waals surface area contributed by atoms with Crippen LogP contribution >= 0.6 is 0 Å². The largest absolute Gasteiger partial charge is 0.356 e. The molecule has 44 heavy (non-hydrogen) atoms. The van der Waals surface area contributed by atoms with Crippen LogP contribution < -0.4 is 27.0 Å². The molecule has 0 fully saturated rings. The third-order valence-corrected chi connectivity index (χ3v) is 8.42. The minimum absolute atomic E-state index is 0.135. The van der Waals surface area contributed by atoms with Crippen molar-refractivity contribution in [3.8, 4) is 0 Å². The minimum Gasteiger partial charge on any atom is -0.356 e. The average molecular weight is 625 g/mol. The highest BCUT2D eigenvalue weighted by Crippen LogP contribution is 2.11. The van der Waals surface area contributed by atoms with Crippen molar-refractivity contribution in [3.05, 3.63) is 0 Å². The second-order valence-electron chi connectivity index (χ2n) is 12.7. The van der Waals surface area contributed by atoms with Gasteiger partial charge in [-0.25, -0.2) is 0 Å². The lowest BCUT2D eigenvalue weighted by Crippen LogP contribution is -2.40. The zero-order chi connectivity index (χ0) is 32.2. The van der Waals surface area contributed by atoms with E-state index in [9.17, 15) is 9.59 Å². The fourth-order valence-corrected chi connectivity index (χ4v) is 5.48. The van der Waals surface area contributed by atoms with Crippen LogP contribution in [0.4, 0.5) is 0 Å². The van der Waals surface area contributed by atoms with Gasteiger partial charge in [0.1, 0.15) is 0 Å². The van der Waals surface area contributed by atoms with E-state index in [4.69, 9.17) is 5.73 Å². The quantitative estimate of drug-likeness (QED) is 0.0525. The second kappa shape index (κ2) is 36.3. The molecule has 0 heterocycles. The lowest BCUT2D eigenvalue weighted by Gasteiger charge is -2.22.